The van der Waals surface area contributed by atoms with Crippen LogP contribution >= 0.6 is 23.8 Å². The Balaban J connectivity index is 1.54. The van der Waals surface area contributed by atoms with Crippen molar-refractivity contribution in [2.24, 2.45) is 5.92 Å². The average Bonchev–Trinajstić information content (AvgIpc) is 3.45. The first-order chi connectivity index (χ1) is 22.0. The van der Waals surface area contributed by atoms with Crippen molar-refractivity contribution in [3.8, 4) is 6.07 Å². The lowest BCUT2D eigenvalue weighted by Crippen LogP contribution is -2.50. The van der Waals surface area contributed by atoms with Gasteiger partial charge in [-0.3, -0.25) is 4.79 Å². The molecule has 1 aromatic heterocycles. The van der Waals surface area contributed by atoms with Crippen molar-refractivity contribution in [2.45, 2.75) is 52.0 Å². The van der Waals surface area contributed by atoms with Gasteiger partial charge in [0, 0.05) is 48.3 Å². The maximum Gasteiger partial charge on any atom is 0.416 e. The van der Waals surface area contributed by atoms with E-state index in [2.05, 4.69) is 21.7 Å². The highest BCUT2D eigenvalue weighted by atomic mass is 35.5. The van der Waals surface area contributed by atoms with Gasteiger partial charge in [0.25, 0.3) is 0 Å². The van der Waals surface area contributed by atoms with Crippen molar-refractivity contribution >= 4 is 40.5 Å². The second-order valence-electron chi connectivity index (χ2n) is 11.0. The van der Waals surface area contributed by atoms with Crippen molar-refractivity contribution < 1.29 is 18.0 Å². The Morgan fingerprint density at radius 3 is 2.54 bits per heavy atom. The van der Waals surface area contributed by atoms with E-state index in [1.807, 2.05) is 30.5 Å². The molecule has 1 heterocycles. The first-order valence-corrected chi connectivity index (χ1v) is 15.5. The van der Waals surface area contributed by atoms with Gasteiger partial charge in [-0.05, 0) is 65.7 Å². The summed E-state index contributed by atoms with van der Waals surface area (Å²) in [5.41, 5.74) is 2.11. The van der Waals surface area contributed by atoms with Gasteiger partial charge in [-0.25, -0.2) is 4.98 Å². The summed E-state index contributed by atoms with van der Waals surface area (Å²) in [4.78, 5) is 19.3. The SMILES string of the molecule is CC[C@H](C)[C@@H](CN(Cc1ccccc1C(F)(F)F)C(=S)Nc1cccc(Cl)c1)NC(=O)Cc1cncn1Cc1ccc(C#N)cc1. The van der Waals surface area contributed by atoms with Crippen LogP contribution in [-0.2, 0) is 30.5 Å². The van der Waals surface area contributed by atoms with Crippen LogP contribution in [0, 0.1) is 17.2 Å². The molecular formula is C34H34ClF3N6OS. The molecule has 12 heteroatoms. The molecule has 46 heavy (non-hydrogen) atoms. The molecular weight excluding hydrogens is 633 g/mol. The first kappa shape index (κ1) is 34.5. The summed E-state index contributed by atoms with van der Waals surface area (Å²) in [6, 6.07) is 21.1. The van der Waals surface area contributed by atoms with Crippen LogP contribution in [0.25, 0.3) is 0 Å². The number of alkyl halides is 3. The quantitative estimate of drug-likeness (QED) is 0.153. The number of carbonyl (C=O) groups excluding carboxylic acids is 1. The van der Waals surface area contributed by atoms with Gasteiger partial charge in [-0.15, -0.1) is 0 Å². The first-order valence-electron chi connectivity index (χ1n) is 14.7. The Morgan fingerprint density at radius 1 is 1.13 bits per heavy atom. The van der Waals surface area contributed by atoms with Crippen LogP contribution in [0.5, 0.6) is 0 Å². The predicted molar refractivity (Wildman–Crippen MR) is 177 cm³/mol. The zero-order valence-electron chi connectivity index (χ0n) is 25.4. The van der Waals surface area contributed by atoms with Crippen LogP contribution in [0.1, 0.15) is 48.2 Å². The molecule has 0 spiro atoms. The molecule has 0 fully saturated rings. The zero-order chi connectivity index (χ0) is 33.3. The van der Waals surface area contributed by atoms with E-state index >= 15 is 0 Å². The van der Waals surface area contributed by atoms with E-state index in [1.165, 1.54) is 12.1 Å². The number of rotatable bonds is 12. The van der Waals surface area contributed by atoms with Crippen LogP contribution in [0.15, 0.2) is 85.3 Å². The molecule has 1 amide bonds. The minimum Gasteiger partial charge on any atom is -0.351 e. The Morgan fingerprint density at radius 2 is 1.87 bits per heavy atom. The molecule has 0 saturated carbocycles. The van der Waals surface area contributed by atoms with E-state index < -0.39 is 17.8 Å². The van der Waals surface area contributed by atoms with Crippen LogP contribution < -0.4 is 10.6 Å². The van der Waals surface area contributed by atoms with Crippen LogP contribution in [-0.4, -0.2) is 38.1 Å². The molecule has 0 bridgehead atoms. The van der Waals surface area contributed by atoms with Crippen LogP contribution in [0.4, 0.5) is 18.9 Å². The molecule has 0 radical (unpaired) electrons. The molecule has 0 saturated heterocycles. The number of amides is 1. The van der Waals surface area contributed by atoms with Crippen LogP contribution in [0.2, 0.25) is 5.02 Å². The average molecular weight is 667 g/mol. The normalized spacial score (nSPS) is 12.5. The highest BCUT2D eigenvalue weighted by molar-refractivity contribution is 7.80. The number of carbonyl (C=O) groups is 1. The van der Waals surface area contributed by atoms with Crippen molar-refractivity contribution in [3.63, 3.8) is 0 Å². The van der Waals surface area contributed by atoms with E-state index in [1.54, 1.807) is 59.9 Å². The molecule has 3 aromatic carbocycles. The highest BCUT2D eigenvalue weighted by Crippen LogP contribution is 2.32. The Hall–Kier alpha value is -4.40. The number of nitrogens with one attached hydrogen (secondary N) is 2. The van der Waals surface area contributed by atoms with E-state index in [0.29, 0.717) is 34.9 Å². The number of nitrogens with zero attached hydrogens (tertiary/aromatic N) is 4. The van der Waals surface area contributed by atoms with E-state index in [9.17, 15) is 18.0 Å². The maximum atomic E-state index is 13.9. The van der Waals surface area contributed by atoms with Gasteiger partial charge < -0.3 is 20.1 Å². The smallest absolute Gasteiger partial charge is 0.351 e. The monoisotopic (exact) mass is 666 g/mol. The Kier molecular flexibility index (Phi) is 11.8. The third-order valence-corrected chi connectivity index (χ3v) is 8.31. The molecule has 7 nitrogen and oxygen atoms in total. The minimum atomic E-state index is -4.55. The molecule has 2 atom stereocenters. The van der Waals surface area contributed by atoms with E-state index in [0.717, 1.165) is 11.6 Å². The van der Waals surface area contributed by atoms with Gasteiger partial charge >= 0.3 is 6.18 Å². The Labute approximate surface area is 277 Å². The summed E-state index contributed by atoms with van der Waals surface area (Å²) in [6.45, 7) is 4.46. The summed E-state index contributed by atoms with van der Waals surface area (Å²) in [6.07, 6.45) is -0.512. The number of halogens is 4. The van der Waals surface area contributed by atoms with Gasteiger partial charge in [0.15, 0.2) is 5.11 Å². The van der Waals surface area contributed by atoms with Gasteiger partial charge in [-0.1, -0.05) is 68.3 Å². The molecule has 0 unspecified atom stereocenters. The predicted octanol–water partition coefficient (Wildman–Crippen LogP) is 7.45. The molecule has 4 aromatic rings. The minimum absolute atomic E-state index is 0.0261. The lowest BCUT2D eigenvalue weighted by molar-refractivity contribution is -0.138. The fourth-order valence-corrected chi connectivity index (χ4v) is 5.41. The van der Waals surface area contributed by atoms with Crippen LogP contribution in [0.3, 0.4) is 0 Å². The van der Waals surface area contributed by atoms with E-state index in [-0.39, 0.29) is 42.0 Å². The summed E-state index contributed by atoms with van der Waals surface area (Å²) in [7, 11) is 0. The second kappa shape index (κ2) is 15.7. The van der Waals surface area contributed by atoms with Crippen molar-refractivity contribution in [2.75, 3.05) is 11.9 Å². The Bertz CT molecular complexity index is 1690. The summed E-state index contributed by atoms with van der Waals surface area (Å²) in [5.74, 6) is -0.280. The molecule has 0 aliphatic heterocycles. The zero-order valence-corrected chi connectivity index (χ0v) is 27.0. The lowest BCUT2D eigenvalue weighted by Gasteiger charge is -2.34. The summed E-state index contributed by atoms with van der Waals surface area (Å²) in [5, 5.41) is 15.9. The standard InChI is InChI=1S/C34H34ClF3N6OS/c1-3-23(2)31(42-32(45)16-29-18-40-22-44(29)19-25-13-11-24(17-39)12-14-25)21-43(33(46)41-28-9-6-8-27(35)15-28)20-26-7-4-5-10-30(26)34(36,37)38/h4-15,18,22-23,31H,3,16,19-21H2,1-2H3,(H,41,46)(H,42,45)/t23-,31+/m0/s1. The summed E-state index contributed by atoms with van der Waals surface area (Å²) >= 11 is 11.9. The number of imidazole rings is 1. The number of aromatic nitrogens is 2. The van der Waals surface area contributed by atoms with Gasteiger partial charge in [0.1, 0.15) is 0 Å². The second-order valence-corrected chi connectivity index (χ2v) is 11.9. The molecule has 4 rings (SSSR count). The van der Waals surface area contributed by atoms with Crippen molar-refractivity contribution in [1.82, 2.24) is 19.8 Å². The third kappa shape index (κ3) is 9.55. The number of nitriles is 1. The lowest BCUT2D eigenvalue weighted by atomic mass is 9.97. The van der Waals surface area contributed by atoms with Gasteiger partial charge in [0.05, 0.1) is 29.9 Å². The largest absolute Gasteiger partial charge is 0.416 e. The number of hydrogen-bond donors (Lipinski definition) is 2. The fraction of sp³-hybridized carbons (Fsp3) is 0.294. The number of anilines is 1. The number of hydrogen-bond acceptors (Lipinski definition) is 4. The number of benzene rings is 3. The van der Waals surface area contributed by atoms with Crippen molar-refractivity contribution in [1.29, 1.82) is 5.26 Å². The number of thiocarbonyl (C=S) groups is 1. The molecule has 0 aliphatic rings. The molecule has 240 valence electrons. The molecule has 0 aliphatic carbocycles. The maximum absolute atomic E-state index is 13.9. The van der Waals surface area contributed by atoms with Gasteiger partial charge in [-0.2, -0.15) is 18.4 Å². The fourth-order valence-electron chi connectivity index (χ4n) is 4.96. The highest BCUT2D eigenvalue weighted by Gasteiger charge is 2.34. The summed E-state index contributed by atoms with van der Waals surface area (Å²) < 4.78 is 43.7. The molecule has 2 N–H and O–H groups in total. The van der Waals surface area contributed by atoms with E-state index in [4.69, 9.17) is 29.1 Å². The topological polar surface area (TPSA) is 86.0 Å². The van der Waals surface area contributed by atoms with Crippen molar-refractivity contribution in [3.05, 3.63) is 118 Å². The van der Waals surface area contributed by atoms with Gasteiger partial charge in [0.2, 0.25) is 5.91 Å². The third-order valence-electron chi connectivity index (χ3n) is 7.72.